The normalized spacial score (nSPS) is 23.2. The average Bonchev–Trinajstić information content (AvgIpc) is 2.31. The number of hydrogen-bond donors (Lipinski definition) is 0. The molecule has 0 radical (unpaired) electrons. The topological polar surface area (TPSA) is 21.7 Å². The molecule has 7 heteroatoms. The fourth-order valence-corrected chi connectivity index (χ4v) is 8.67. The standard InChI is InChI=1S/C10H21BrNO2PS2/c1-5-10(6-2)7-13-15(16,14-8-10)12(17-11)9(3)4/h9H,5-8H2,1-4H3. The van der Waals surface area contributed by atoms with Crippen molar-refractivity contribution in [2.24, 2.45) is 5.41 Å². The maximum absolute atomic E-state index is 5.96. The van der Waals surface area contributed by atoms with Crippen LogP contribution in [0.25, 0.3) is 0 Å². The van der Waals surface area contributed by atoms with Gasteiger partial charge in [-0.2, -0.15) is 4.08 Å². The highest BCUT2D eigenvalue weighted by atomic mass is 79.9. The third kappa shape index (κ3) is 3.68. The summed E-state index contributed by atoms with van der Waals surface area (Å²) in [4.78, 5) is 0. The lowest BCUT2D eigenvalue weighted by Crippen LogP contribution is -2.37. The molecule has 17 heavy (non-hydrogen) atoms. The molecule has 1 heterocycles. The van der Waals surface area contributed by atoms with E-state index in [1.165, 1.54) is 10.4 Å². The molecule has 1 aliphatic rings. The lowest BCUT2D eigenvalue weighted by atomic mass is 9.84. The second kappa shape index (κ2) is 6.69. The molecule has 0 aromatic rings. The van der Waals surface area contributed by atoms with E-state index in [1.54, 1.807) is 0 Å². The van der Waals surface area contributed by atoms with Crippen LogP contribution in [0.5, 0.6) is 0 Å². The van der Waals surface area contributed by atoms with Crippen LogP contribution in [-0.4, -0.2) is 23.3 Å². The van der Waals surface area contributed by atoms with Crippen LogP contribution < -0.4 is 0 Å². The monoisotopic (exact) mass is 361 g/mol. The molecule has 3 nitrogen and oxygen atoms in total. The zero-order valence-corrected chi connectivity index (χ0v) is 14.9. The molecule has 0 N–H and O–H groups in total. The van der Waals surface area contributed by atoms with Crippen molar-refractivity contribution in [1.29, 1.82) is 0 Å². The first-order valence-corrected chi connectivity index (χ1v) is 11.1. The molecule has 102 valence electrons. The van der Waals surface area contributed by atoms with Crippen LogP contribution in [0, 0.1) is 5.41 Å². The van der Waals surface area contributed by atoms with Crippen molar-refractivity contribution in [1.82, 2.24) is 4.08 Å². The zero-order chi connectivity index (χ0) is 13.1. The first-order chi connectivity index (χ1) is 7.93. The molecular formula is C10H21BrNO2PS2. The number of halogens is 1. The highest BCUT2D eigenvalue weighted by Crippen LogP contribution is 2.62. The molecule has 0 spiro atoms. The Morgan fingerprint density at radius 1 is 1.35 bits per heavy atom. The SMILES string of the molecule is CCC1(CC)COP(=S)(N(SBr)C(C)C)OC1. The fraction of sp³-hybridized carbons (Fsp3) is 1.00. The Kier molecular flexibility index (Phi) is 6.46. The van der Waals surface area contributed by atoms with Crippen molar-refractivity contribution in [3.63, 3.8) is 0 Å². The van der Waals surface area contributed by atoms with E-state index in [2.05, 4.69) is 42.5 Å². The van der Waals surface area contributed by atoms with Gasteiger partial charge in [-0.3, -0.25) is 0 Å². The second-order valence-corrected chi connectivity index (χ2v) is 9.63. The van der Waals surface area contributed by atoms with Crippen molar-refractivity contribution in [2.75, 3.05) is 13.2 Å². The second-order valence-electron chi connectivity index (χ2n) is 4.69. The van der Waals surface area contributed by atoms with Gasteiger partial charge in [0.2, 0.25) is 0 Å². The quantitative estimate of drug-likeness (QED) is 0.519. The summed E-state index contributed by atoms with van der Waals surface area (Å²) in [6, 6.07) is 0.293. The molecule has 0 aromatic heterocycles. The van der Waals surface area contributed by atoms with Gasteiger partial charge in [0.25, 0.3) is 6.64 Å². The lowest BCUT2D eigenvalue weighted by Gasteiger charge is -2.43. The van der Waals surface area contributed by atoms with Crippen molar-refractivity contribution in [2.45, 2.75) is 46.6 Å². The van der Waals surface area contributed by atoms with Crippen molar-refractivity contribution in [3.8, 4) is 0 Å². The summed E-state index contributed by atoms with van der Waals surface area (Å²) in [5.41, 5.74) is 0.155. The average molecular weight is 362 g/mol. The van der Waals surface area contributed by atoms with Gasteiger partial charge >= 0.3 is 0 Å². The Balaban J connectivity index is 2.75. The van der Waals surface area contributed by atoms with Crippen molar-refractivity contribution in [3.05, 3.63) is 0 Å². The van der Waals surface area contributed by atoms with E-state index < -0.39 is 6.64 Å². The first kappa shape index (κ1) is 16.4. The van der Waals surface area contributed by atoms with E-state index >= 15 is 0 Å². The van der Waals surface area contributed by atoms with Crippen LogP contribution in [0.2, 0.25) is 0 Å². The summed E-state index contributed by atoms with van der Waals surface area (Å²) >= 11 is 8.98. The number of nitrogens with zero attached hydrogens (tertiary/aromatic N) is 1. The Hall–Kier alpha value is 1.36. The van der Waals surface area contributed by atoms with Gasteiger partial charge < -0.3 is 9.05 Å². The fourth-order valence-electron chi connectivity index (χ4n) is 1.69. The highest BCUT2D eigenvalue weighted by Gasteiger charge is 2.41. The lowest BCUT2D eigenvalue weighted by molar-refractivity contribution is 0.0180. The molecule has 1 aliphatic heterocycles. The summed E-state index contributed by atoms with van der Waals surface area (Å²) in [6.07, 6.45) is 2.14. The minimum Gasteiger partial charge on any atom is -0.317 e. The van der Waals surface area contributed by atoms with E-state index in [1.807, 2.05) is 4.08 Å². The van der Waals surface area contributed by atoms with Gasteiger partial charge in [-0.15, -0.1) is 0 Å². The third-order valence-electron chi connectivity index (χ3n) is 3.32. The minimum atomic E-state index is -2.30. The van der Waals surface area contributed by atoms with E-state index in [9.17, 15) is 0 Å². The van der Waals surface area contributed by atoms with Crippen LogP contribution in [0.1, 0.15) is 40.5 Å². The smallest absolute Gasteiger partial charge is 0.274 e. The Morgan fingerprint density at radius 2 is 1.82 bits per heavy atom. The van der Waals surface area contributed by atoms with Gasteiger partial charge in [0.15, 0.2) is 0 Å². The Morgan fingerprint density at radius 3 is 2.12 bits per heavy atom. The molecular weight excluding hydrogens is 341 g/mol. The molecule has 0 bridgehead atoms. The van der Waals surface area contributed by atoms with Gasteiger partial charge in [0.05, 0.1) is 13.2 Å². The Labute approximate surface area is 122 Å². The van der Waals surface area contributed by atoms with Crippen molar-refractivity contribution < 1.29 is 9.05 Å². The van der Waals surface area contributed by atoms with Crippen LogP contribution in [-0.2, 0) is 20.9 Å². The largest absolute Gasteiger partial charge is 0.317 e. The third-order valence-corrected chi connectivity index (χ3v) is 9.71. The van der Waals surface area contributed by atoms with Gasteiger partial charge in [-0.1, -0.05) is 13.8 Å². The summed E-state index contributed by atoms with van der Waals surface area (Å²) < 4.78 is 13.9. The molecule has 1 fully saturated rings. The van der Waals surface area contributed by atoms with Crippen LogP contribution in [0.4, 0.5) is 0 Å². The van der Waals surface area contributed by atoms with Crippen LogP contribution in [0.15, 0.2) is 0 Å². The van der Waals surface area contributed by atoms with E-state index in [0.29, 0.717) is 19.3 Å². The molecule has 0 amide bonds. The Bertz CT molecular complexity index is 286. The summed E-state index contributed by atoms with van der Waals surface area (Å²) in [5.74, 6) is 0. The molecule has 0 unspecified atom stereocenters. The minimum absolute atomic E-state index is 0.155. The van der Waals surface area contributed by atoms with Crippen LogP contribution >= 0.6 is 31.8 Å². The van der Waals surface area contributed by atoms with Gasteiger partial charge in [0.1, 0.15) is 0 Å². The van der Waals surface area contributed by atoms with E-state index in [4.69, 9.17) is 20.9 Å². The van der Waals surface area contributed by atoms with E-state index in [0.717, 1.165) is 12.8 Å². The number of rotatable bonds is 5. The van der Waals surface area contributed by atoms with Crippen molar-refractivity contribution >= 4 is 43.6 Å². The predicted octanol–water partition coefficient (Wildman–Crippen LogP) is 4.73. The molecule has 0 saturated carbocycles. The first-order valence-electron chi connectivity index (χ1n) is 5.90. The van der Waals surface area contributed by atoms with Gasteiger partial charge in [-0.25, -0.2) is 0 Å². The maximum atomic E-state index is 5.96. The summed E-state index contributed by atoms with van der Waals surface area (Å²) in [5, 5.41) is 0. The maximum Gasteiger partial charge on any atom is 0.274 e. The zero-order valence-electron chi connectivity index (χ0n) is 10.8. The van der Waals surface area contributed by atoms with E-state index in [-0.39, 0.29) is 5.41 Å². The van der Waals surface area contributed by atoms with Gasteiger partial charge in [-0.05, 0) is 38.5 Å². The number of hydrogen-bond acceptors (Lipinski definition) is 4. The molecule has 1 saturated heterocycles. The summed E-state index contributed by atoms with van der Waals surface area (Å²) in [7, 11) is 1.44. The molecule has 0 aromatic carbocycles. The highest BCUT2D eigenvalue weighted by molar-refractivity contribution is 9.50. The molecule has 0 aliphatic carbocycles. The molecule has 0 atom stereocenters. The predicted molar refractivity (Wildman–Crippen MR) is 82.7 cm³/mol. The van der Waals surface area contributed by atoms with Crippen LogP contribution in [0.3, 0.4) is 0 Å². The van der Waals surface area contributed by atoms with Gasteiger partial charge in [0, 0.05) is 36.7 Å². The summed E-state index contributed by atoms with van der Waals surface area (Å²) in [6.45, 7) is 7.69. The molecule has 1 rings (SSSR count).